The first kappa shape index (κ1) is 18.1. The highest BCUT2D eigenvalue weighted by atomic mass is 32.2. The Morgan fingerprint density at radius 3 is 2.85 bits per heavy atom. The zero-order chi connectivity index (χ0) is 18.5. The first-order chi connectivity index (χ1) is 12.6. The molecule has 2 aromatic heterocycles. The summed E-state index contributed by atoms with van der Waals surface area (Å²) in [6.45, 7) is 2.09. The summed E-state index contributed by atoms with van der Waals surface area (Å²) < 4.78 is 16.4. The van der Waals surface area contributed by atoms with Crippen molar-refractivity contribution in [2.75, 3.05) is 13.3 Å². The van der Waals surface area contributed by atoms with Crippen LogP contribution in [0.2, 0.25) is 0 Å². The normalized spacial score (nSPS) is 12.0. The molecule has 1 atom stereocenters. The molecule has 1 aromatic carbocycles. The van der Waals surface area contributed by atoms with Crippen molar-refractivity contribution < 1.29 is 18.5 Å². The van der Waals surface area contributed by atoms with Gasteiger partial charge in [0.05, 0.1) is 12.3 Å². The van der Waals surface area contributed by atoms with Crippen molar-refractivity contribution in [3.8, 4) is 5.75 Å². The van der Waals surface area contributed by atoms with E-state index in [0.717, 1.165) is 10.6 Å². The maximum Gasteiger partial charge on any atom is 0.276 e. The van der Waals surface area contributed by atoms with Crippen molar-refractivity contribution in [2.45, 2.75) is 24.5 Å². The fourth-order valence-corrected chi connectivity index (χ4v) is 2.99. The zero-order valence-electron chi connectivity index (χ0n) is 14.8. The molecule has 3 rings (SSSR count). The number of ether oxygens (including phenoxy) is 1. The molecule has 3 aromatic rings. The number of aromatic nitrogens is 1. The lowest BCUT2D eigenvalue weighted by Gasteiger charge is -2.21. The first-order valence-electron chi connectivity index (χ1n) is 8.12. The number of carbonyl (C=O) groups is 1. The summed E-state index contributed by atoms with van der Waals surface area (Å²) >= 11 is 1.61. The van der Waals surface area contributed by atoms with E-state index in [1.54, 1.807) is 42.1 Å². The third-order valence-electron chi connectivity index (χ3n) is 4.07. The van der Waals surface area contributed by atoms with Crippen LogP contribution in [0.4, 0.5) is 0 Å². The van der Waals surface area contributed by atoms with Gasteiger partial charge in [-0.15, -0.1) is 11.8 Å². The Kier molecular flexibility index (Phi) is 5.68. The third-order valence-corrected chi connectivity index (χ3v) is 4.85. The van der Waals surface area contributed by atoms with Gasteiger partial charge in [-0.2, -0.15) is 0 Å². The van der Waals surface area contributed by atoms with E-state index in [1.807, 2.05) is 43.5 Å². The Bertz CT molecular complexity index is 860. The number of para-hydroxylation sites is 1. The number of thioether (sulfide) groups is 1. The van der Waals surface area contributed by atoms with Gasteiger partial charge in [0.2, 0.25) is 0 Å². The molecule has 0 fully saturated rings. The third kappa shape index (κ3) is 3.94. The molecule has 0 saturated carbocycles. The number of benzene rings is 1. The number of nitrogens with zero attached hydrogens (tertiary/aromatic N) is 2. The number of furan rings is 1. The van der Waals surface area contributed by atoms with Gasteiger partial charge in [-0.3, -0.25) is 4.79 Å². The van der Waals surface area contributed by atoms with Gasteiger partial charge in [-0.05, 0) is 37.4 Å². The van der Waals surface area contributed by atoms with E-state index in [9.17, 15) is 4.79 Å². The maximum absolute atomic E-state index is 12.6. The van der Waals surface area contributed by atoms with Crippen LogP contribution in [-0.2, 0) is 6.61 Å². The van der Waals surface area contributed by atoms with E-state index in [-0.39, 0.29) is 24.2 Å². The van der Waals surface area contributed by atoms with E-state index < -0.39 is 0 Å². The standard InChI is InChI=1S/C19H20N2O4S/c1-13(16-8-6-10-23-16)21(2)19(22)15-11-14(25-20-15)12-24-17-7-4-5-9-18(17)26-3/h4-11,13H,12H2,1-3H3/t13-/m1/s1. The molecule has 7 heteroatoms. The average molecular weight is 372 g/mol. The Morgan fingerprint density at radius 2 is 2.12 bits per heavy atom. The van der Waals surface area contributed by atoms with Crippen LogP contribution < -0.4 is 4.74 Å². The Labute approximate surface area is 156 Å². The molecule has 6 nitrogen and oxygen atoms in total. The van der Waals surface area contributed by atoms with Gasteiger partial charge in [0.1, 0.15) is 18.1 Å². The van der Waals surface area contributed by atoms with Gasteiger partial charge in [-0.1, -0.05) is 17.3 Å². The largest absolute Gasteiger partial charge is 0.484 e. The van der Waals surface area contributed by atoms with Gasteiger partial charge < -0.3 is 18.6 Å². The van der Waals surface area contributed by atoms with E-state index in [4.69, 9.17) is 13.7 Å². The van der Waals surface area contributed by atoms with Crippen molar-refractivity contribution in [3.05, 3.63) is 65.9 Å². The Balaban J connectivity index is 1.64. The summed E-state index contributed by atoms with van der Waals surface area (Å²) in [6, 6.07) is 12.8. The summed E-state index contributed by atoms with van der Waals surface area (Å²) in [5.74, 6) is 1.73. The predicted octanol–water partition coefficient (Wildman–Crippen LogP) is 4.40. The lowest BCUT2D eigenvalue weighted by molar-refractivity contribution is 0.0715. The highest BCUT2D eigenvalue weighted by molar-refractivity contribution is 7.98. The van der Waals surface area contributed by atoms with Crippen molar-refractivity contribution in [2.24, 2.45) is 0 Å². The molecule has 0 aliphatic heterocycles. The van der Waals surface area contributed by atoms with Crippen LogP contribution in [0.5, 0.6) is 5.75 Å². The molecule has 0 aliphatic rings. The lowest BCUT2D eigenvalue weighted by Crippen LogP contribution is -2.29. The van der Waals surface area contributed by atoms with Gasteiger partial charge in [-0.25, -0.2) is 0 Å². The molecular weight excluding hydrogens is 352 g/mol. The summed E-state index contributed by atoms with van der Waals surface area (Å²) in [7, 11) is 1.70. The molecule has 0 N–H and O–H groups in total. The van der Waals surface area contributed by atoms with Gasteiger partial charge in [0.15, 0.2) is 11.5 Å². The van der Waals surface area contributed by atoms with Crippen LogP contribution in [0.1, 0.15) is 35.0 Å². The average Bonchev–Trinajstić information content (AvgIpc) is 3.36. The number of rotatable bonds is 7. The smallest absolute Gasteiger partial charge is 0.276 e. The molecule has 0 radical (unpaired) electrons. The summed E-state index contributed by atoms with van der Waals surface area (Å²) in [4.78, 5) is 15.2. The van der Waals surface area contributed by atoms with Crippen LogP contribution in [0.15, 0.2) is 62.6 Å². The number of carbonyl (C=O) groups excluding carboxylic acids is 1. The monoisotopic (exact) mass is 372 g/mol. The fourth-order valence-electron chi connectivity index (χ4n) is 2.45. The van der Waals surface area contributed by atoms with Gasteiger partial charge in [0.25, 0.3) is 5.91 Å². The first-order valence-corrected chi connectivity index (χ1v) is 9.34. The number of amides is 1. The van der Waals surface area contributed by atoms with Crippen molar-refractivity contribution in [3.63, 3.8) is 0 Å². The molecule has 0 spiro atoms. The van der Waals surface area contributed by atoms with Crippen molar-refractivity contribution >= 4 is 17.7 Å². The minimum absolute atomic E-state index is 0.204. The molecular formula is C19H20N2O4S. The summed E-state index contributed by atoms with van der Waals surface area (Å²) in [6.07, 6.45) is 3.57. The number of hydrogen-bond acceptors (Lipinski definition) is 6. The maximum atomic E-state index is 12.6. The molecule has 1 amide bonds. The van der Waals surface area contributed by atoms with E-state index >= 15 is 0 Å². The van der Waals surface area contributed by atoms with Crippen LogP contribution in [0.3, 0.4) is 0 Å². The highest BCUT2D eigenvalue weighted by Crippen LogP contribution is 2.27. The molecule has 26 heavy (non-hydrogen) atoms. The molecule has 0 aliphatic carbocycles. The second kappa shape index (κ2) is 8.14. The molecule has 2 heterocycles. The molecule has 0 unspecified atom stereocenters. The second-order valence-electron chi connectivity index (χ2n) is 5.73. The van der Waals surface area contributed by atoms with E-state index in [1.165, 1.54) is 0 Å². The van der Waals surface area contributed by atoms with Gasteiger partial charge in [0, 0.05) is 18.0 Å². The number of hydrogen-bond donors (Lipinski definition) is 0. The highest BCUT2D eigenvalue weighted by Gasteiger charge is 2.23. The predicted molar refractivity (Wildman–Crippen MR) is 98.3 cm³/mol. The fraction of sp³-hybridized carbons (Fsp3) is 0.263. The van der Waals surface area contributed by atoms with Crippen molar-refractivity contribution in [1.82, 2.24) is 10.1 Å². The SMILES string of the molecule is CSc1ccccc1OCc1cc(C(=O)N(C)[C@H](C)c2ccco2)no1. The minimum Gasteiger partial charge on any atom is -0.484 e. The molecule has 136 valence electrons. The van der Waals surface area contributed by atoms with Crippen LogP contribution in [0.25, 0.3) is 0 Å². The molecule has 0 saturated heterocycles. The van der Waals surface area contributed by atoms with E-state index in [0.29, 0.717) is 11.5 Å². The second-order valence-corrected chi connectivity index (χ2v) is 6.57. The Hall–Kier alpha value is -2.67. The zero-order valence-corrected chi connectivity index (χ0v) is 15.7. The van der Waals surface area contributed by atoms with Gasteiger partial charge >= 0.3 is 0 Å². The molecule has 0 bridgehead atoms. The quantitative estimate of drug-likeness (QED) is 0.573. The topological polar surface area (TPSA) is 68.7 Å². The minimum atomic E-state index is -0.242. The van der Waals surface area contributed by atoms with Crippen LogP contribution in [-0.4, -0.2) is 29.3 Å². The van der Waals surface area contributed by atoms with Crippen molar-refractivity contribution in [1.29, 1.82) is 0 Å². The van der Waals surface area contributed by atoms with E-state index in [2.05, 4.69) is 5.16 Å². The van der Waals surface area contributed by atoms with Crippen LogP contribution >= 0.6 is 11.8 Å². The summed E-state index contributed by atoms with van der Waals surface area (Å²) in [5, 5.41) is 3.87. The summed E-state index contributed by atoms with van der Waals surface area (Å²) in [5.41, 5.74) is 0.239. The Morgan fingerprint density at radius 1 is 1.31 bits per heavy atom. The van der Waals surface area contributed by atoms with Crippen LogP contribution in [0, 0.1) is 0 Å². The lowest BCUT2D eigenvalue weighted by atomic mass is 10.2.